The number of anilines is 1. The van der Waals surface area contributed by atoms with Crippen LogP contribution in [0.1, 0.15) is 31.2 Å². The Labute approximate surface area is 188 Å². The Morgan fingerprint density at radius 2 is 2.00 bits per heavy atom. The van der Waals surface area contributed by atoms with Crippen molar-refractivity contribution in [3.8, 4) is 5.75 Å². The first-order chi connectivity index (χ1) is 14.6. The molecule has 3 aliphatic rings. The smallest absolute Gasteiger partial charge is 0.409 e. The van der Waals surface area contributed by atoms with Gasteiger partial charge < -0.3 is 19.3 Å². The summed E-state index contributed by atoms with van der Waals surface area (Å²) in [5.41, 5.74) is 2.45. The average molecular weight is 454 g/mol. The number of halogens is 1. The van der Waals surface area contributed by atoms with Crippen LogP contribution in [0.25, 0.3) is 0 Å². The molecule has 6 nitrogen and oxygen atoms in total. The molecule has 3 heterocycles. The number of carbonyl (C=O) groups excluding carboxylic acids is 1. The molecule has 2 fully saturated rings. The van der Waals surface area contributed by atoms with Gasteiger partial charge in [-0.25, -0.2) is 9.10 Å². The molecule has 0 bridgehead atoms. The van der Waals surface area contributed by atoms with Gasteiger partial charge in [-0.1, -0.05) is 11.9 Å². The van der Waals surface area contributed by atoms with Gasteiger partial charge in [0, 0.05) is 51.4 Å². The minimum atomic E-state index is -0.255. The van der Waals surface area contributed by atoms with Gasteiger partial charge in [0.1, 0.15) is 18.0 Å². The summed E-state index contributed by atoms with van der Waals surface area (Å²) in [4.78, 5) is 16.5. The molecule has 166 valence electrons. The zero-order valence-electron chi connectivity index (χ0n) is 17.8. The molecule has 4 rings (SSSR count). The molecule has 1 unspecified atom stereocenters. The predicted octanol–water partition coefficient (Wildman–Crippen LogP) is 4.01. The van der Waals surface area contributed by atoms with E-state index in [0.717, 1.165) is 70.6 Å². The number of rotatable bonds is 4. The highest BCUT2D eigenvalue weighted by Gasteiger charge is 2.39. The summed E-state index contributed by atoms with van der Waals surface area (Å²) < 4.78 is 14.2. The summed E-state index contributed by atoms with van der Waals surface area (Å²) in [6.45, 7) is 6.00. The van der Waals surface area contributed by atoms with E-state index in [1.807, 2.05) is 11.9 Å². The predicted molar refractivity (Wildman–Crippen MR) is 123 cm³/mol. The van der Waals surface area contributed by atoms with Crippen LogP contribution in [0.3, 0.4) is 0 Å². The number of ether oxygens (including phenoxy) is 2. The van der Waals surface area contributed by atoms with Crippen LogP contribution in [0.15, 0.2) is 18.2 Å². The minimum absolute atomic E-state index is 0.167. The van der Waals surface area contributed by atoms with Gasteiger partial charge in [0.25, 0.3) is 0 Å². The summed E-state index contributed by atoms with van der Waals surface area (Å²) in [6, 6.07) is 6.69. The van der Waals surface area contributed by atoms with Crippen molar-refractivity contribution in [1.29, 1.82) is 0 Å². The lowest BCUT2D eigenvalue weighted by Gasteiger charge is -2.39. The zero-order chi connectivity index (χ0) is 21.0. The van der Waals surface area contributed by atoms with Crippen molar-refractivity contribution in [3.63, 3.8) is 0 Å². The first-order valence-corrected chi connectivity index (χ1v) is 12.7. The third kappa shape index (κ3) is 4.94. The van der Waals surface area contributed by atoms with Crippen molar-refractivity contribution in [1.82, 2.24) is 9.21 Å². The molecule has 1 atom stereocenters. The average Bonchev–Trinajstić information content (AvgIpc) is 3.00. The van der Waals surface area contributed by atoms with Gasteiger partial charge in [-0.05, 0) is 55.7 Å². The van der Waals surface area contributed by atoms with Crippen molar-refractivity contribution in [2.75, 3.05) is 62.9 Å². The van der Waals surface area contributed by atoms with E-state index in [1.54, 1.807) is 4.90 Å². The first kappa shape index (κ1) is 21.9. The summed E-state index contributed by atoms with van der Waals surface area (Å²) >= 11 is 7.47. The number of amides is 1. The van der Waals surface area contributed by atoms with Crippen molar-refractivity contribution in [2.45, 2.75) is 37.7 Å². The Morgan fingerprint density at radius 3 is 2.77 bits per heavy atom. The van der Waals surface area contributed by atoms with Crippen LogP contribution in [-0.2, 0) is 11.2 Å². The molecule has 0 aliphatic carbocycles. The molecule has 0 radical (unpaired) electrons. The van der Waals surface area contributed by atoms with Crippen LogP contribution in [0.2, 0.25) is 0 Å². The number of hydrogen-bond acceptors (Lipinski definition) is 6. The molecule has 0 N–H and O–H groups in total. The van der Waals surface area contributed by atoms with Crippen LogP contribution in [0.4, 0.5) is 10.5 Å². The Balaban J connectivity index is 1.38. The minimum Gasteiger partial charge on any atom is -0.487 e. The van der Waals surface area contributed by atoms with E-state index in [4.69, 9.17) is 21.1 Å². The standard InChI is InChI=1S/C22H32ClN3O3S/c1-30-26-14-12-24(13-15-26)19-3-4-20-18(17-19)5-7-22(29-20)6-2-10-25(11-8-22)21(27)28-16-9-23/h3-4,17H,2,5-16H2,1H3. The van der Waals surface area contributed by atoms with Crippen LogP contribution in [0, 0.1) is 0 Å². The Bertz CT molecular complexity index is 744. The lowest BCUT2D eigenvalue weighted by molar-refractivity contribution is 0.0311. The van der Waals surface area contributed by atoms with E-state index in [-0.39, 0.29) is 18.3 Å². The fourth-order valence-electron chi connectivity index (χ4n) is 4.75. The van der Waals surface area contributed by atoms with E-state index in [1.165, 1.54) is 11.3 Å². The fourth-order valence-corrected chi connectivity index (χ4v) is 5.36. The molecule has 3 aliphatic heterocycles. The van der Waals surface area contributed by atoms with Gasteiger partial charge in [0.2, 0.25) is 0 Å². The molecular weight excluding hydrogens is 422 g/mol. The molecule has 0 aromatic heterocycles. The molecular formula is C22H32ClN3O3S. The van der Waals surface area contributed by atoms with E-state index in [0.29, 0.717) is 12.4 Å². The topological polar surface area (TPSA) is 45.2 Å². The SMILES string of the molecule is CSN1CCN(c2ccc3c(c2)CCC2(CCCN(C(=O)OCCCl)CC2)O3)CC1. The number of hydrogen-bond donors (Lipinski definition) is 0. The highest BCUT2D eigenvalue weighted by Crippen LogP contribution is 2.40. The number of alkyl halides is 1. The maximum absolute atomic E-state index is 12.2. The van der Waals surface area contributed by atoms with Crippen LogP contribution < -0.4 is 9.64 Å². The monoisotopic (exact) mass is 453 g/mol. The lowest BCUT2D eigenvalue weighted by atomic mass is 9.85. The van der Waals surface area contributed by atoms with Gasteiger partial charge in [0.05, 0.1) is 5.88 Å². The second kappa shape index (κ2) is 9.88. The number of fused-ring (bicyclic) bond motifs is 1. The summed E-state index contributed by atoms with van der Waals surface area (Å²) in [6.07, 6.45) is 6.69. The Morgan fingerprint density at radius 1 is 1.17 bits per heavy atom. The fraction of sp³-hybridized carbons (Fsp3) is 0.682. The van der Waals surface area contributed by atoms with Crippen LogP contribution in [0.5, 0.6) is 5.75 Å². The van der Waals surface area contributed by atoms with Crippen molar-refractivity contribution in [2.24, 2.45) is 0 Å². The van der Waals surface area contributed by atoms with Gasteiger partial charge in [0.15, 0.2) is 0 Å². The van der Waals surface area contributed by atoms with Gasteiger partial charge in [-0.3, -0.25) is 0 Å². The quantitative estimate of drug-likeness (QED) is 0.507. The largest absolute Gasteiger partial charge is 0.487 e. The molecule has 1 aromatic rings. The van der Waals surface area contributed by atoms with Crippen LogP contribution >= 0.6 is 23.5 Å². The van der Waals surface area contributed by atoms with Crippen LogP contribution in [-0.4, -0.2) is 78.9 Å². The molecule has 2 saturated heterocycles. The van der Waals surface area contributed by atoms with Crippen molar-refractivity contribution in [3.05, 3.63) is 23.8 Å². The number of benzene rings is 1. The van der Waals surface area contributed by atoms with Crippen molar-refractivity contribution < 1.29 is 14.3 Å². The molecule has 1 amide bonds. The highest BCUT2D eigenvalue weighted by molar-refractivity contribution is 7.96. The first-order valence-electron chi connectivity index (χ1n) is 11.0. The Kier molecular flexibility index (Phi) is 7.21. The third-order valence-electron chi connectivity index (χ3n) is 6.54. The van der Waals surface area contributed by atoms with Gasteiger partial charge in [-0.15, -0.1) is 11.6 Å². The number of piperazine rings is 1. The van der Waals surface area contributed by atoms with E-state index in [9.17, 15) is 4.79 Å². The van der Waals surface area contributed by atoms with Gasteiger partial charge >= 0.3 is 6.09 Å². The van der Waals surface area contributed by atoms with E-state index >= 15 is 0 Å². The molecule has 0 saturated carbocycles. The number of nitrogens with zero attached hydrogens (tertiary/aromatic N) is 3. The second-order valence-electron chi connectivity index (χ2n) is 8.32. The Hall–Kier alpha value is -1.31. The number of likely N-dealkylation sites (tertiary alicyclic amines) is 1. The maximum Gasteiger partial charge on any atom is 0.409 e. The normalized spacial score (nSPS) is 24.9. The molecule has 1 aromatic carbocycles. The van der Waals surface area contributed by atoms with Gasteiger partial charge in [-0.2, -0.15) is 0 Å². The summed E-state index contributed by atoms with van der Waals surface area (Å²) in [7, 11) is 0. The lowest BCUT2D eigenvalue weighted by Crippen LogP contribution is -2.43. The summed E-state index contributed by atoms with van der Waals surface area (Å²) in [5, 5.41) is 0. The number of aryl methyl sites for hydroxylation is 1. The third-order valence-corrected chi connectivity index (χ3v) is 7.58. The number of carbonyl (C=O) groups is 1. The highest BCUT2D eigenvalue weighted by atomic mass is 35.5. The molecule has 1 spiro atoms. The van der Waals surface area contributed by atoms with Crippen molar-refractivity contribution >= 4 is 35.3 Å². The summed E-state index contributed by atoms with van der Waals surface area (Å²) in [5.74, 6) is 1.35. The van der Waals surface area contributed by atoms with E-state index < -0.39 is 0 Å². The van der Waals surface area contributed by atoms with E-state index in [2.05, 4.69) is 33.7 Å². The maximum atomic E-state index is 12.2. The molecule has 8 heteroatoms. The second-order valence-corrected chi connectivity index (χ2v) is 9.58. The molecule has 30 heavy (non-hydrogen) atoms. The zero-order valence-corrected chi connectivity index (χ0v) is 19.3.